The normalized spacial score (nSPS) is 21.7. The summed E-state index contributed by atoms with van der Waals surface area (Å²) in [6.07, 6.45) is 1.99. The van der Waals surface area contributed by atoms with Gasteiger partial charge in [-0.3, -0.25) is 4.78 Å². The van der Waals surface area contributed by atoms with Gasteiger partial charge in [0.05, 0.1) is 5.88 Å². The van der Waals surface area contributed by atoms with Gasteiger partial charge in [0.25, 0.3) is 0 Å². The number of nitrogens with zero attached hydrogens (tertiary/aromatic N) is 1. The maximum atomic E-state index is 7.51. The maximum Gasteiger partial charge on any atom is 0.0826 e. The van der Waals surface area contributed by atoms with E-state index in [2.05, 4.69) is 17.0 Å². The second kappa shape index (κ2) is 3.11. The summed E-state index contributed by atoms with van der Waals surface area (Å²) in [6.45, 7) is 0. The summed E-state index contributed by atoms with van der Waals surface area (Å²) in [5, 5.41) is 1.94. The summed E-state index contributed by atoms with van der Waals surface area (Å²) in [5.74, 6) is 0.810. The minimum Gasteiger partial charge on any atom is -0.336 e. The first-order valence-electron chi connectivity index (χ1n) is 3.77. The van der Waals surface area contributed by atoms with Crippen LogP contribution < -0.4 is 4.90 Å². The molecule has 1 aromatic rings. The Morgan fingerprint density at radius 1 is 1.25 bits per heavy atom. The number of nitrogens with one attached hydrogen (secondary N) is 1. The molecular formula is C9H10N2S. The molecule has 0 aliphatic carbocycles. The highest BCUT2D eigenvalue weighted by atomic mass is 32.2. The quantitative estimate of drug-likeness (QED) is 0.702. The molecule has 0 aromatic heterocycles. The van der Waals surface area contributed by atoms with Crippen molar-refractivity contribution in [3.63, 3.8) is 0 Å². The van der Waals surface area contributed by atoms with Gasteiger partial charge in [0.1, 0.15) is 0 Å². The maximum absolute atomic E-state index is 7.51. The predicted molar refractivity (Wildman–Crippen MR) is 53.0 cm³/mol. The Morgan fingerprint density at radius 2 is 2.00 bits per heavy atom. The van der Waals surface area contributed by atoms with Crippen molar-refractivity contribution >= 4 is 16.4 Å². The molecule has 0 bridgehead atoms. The van der Waals surface area contributed by atoms with Crippen LogP contribution in [0, 0.1) is 4.78 Å². The van der Waals surface area contributed by atoms with Crippen LogP contribution in [0.1, 0.15) is 0 Å². The van der Waals surface area contributed by atoms with Crippen LogP contribution in [0.25, 0.3) is 0 Å². The molecule has 0 saturated carbocycles. The molecular weight excluding hydrogens is 168 g/mol. The van der Waals surface area contributed by atoms with Crippen LogP contribution in [0.3, 0.4) is 0 Å². The van der Waals surface area contributed by atoms with Crippen LogP contribution in [0.15, 0.2) is 41.9 Å². The third-order valence-electron chi connectivity index (χ3n) is 1.77. The van der Waals surface area contributed by atoms with Crippen molar-refractivity contribution < 1.29 is 0 Å². The van der Waals surface area contributed by atoms with E-state index in [4.69, 9.17) is 4.78 Å². The predicted octanol–water partition coefficient (Wildman–Crippen LogP) is 2.32. The summed E-state index contributed by atoms with van der Waals surface area (Å²) in [5.41, 5.74) is 1.18. The minimum atomic E-state index is -0.308. The first-order valence-corrected chi connectivity index (χ1v) is 5.23. The zero-order valence-corrected chi connectivity index (χ0v) is 7.42. The van der Waals surface area contributed by atoms with E-state index in [-0.39, 0.29) is 10.7 Å². The third-order valence-corrected chi connectivity index (χ3v) is 2.78. The number of benzene rings is 1. The lowest BCUT2D eigenvalue weighted by Gasteiger charge is -2.14. The fraction of sp³-hybridized carbons (Fsp3) is 0.111. The molecule has 1 aliphatic rings. The Bertz CT molecular complexity index is 319. The Balaban J connectivity index is 2.23. The summed E-state index contributed by atoms with van der Waals surface area (Å²) in [6, 6.07) is 10.2. The zero-order chi connectivity index (χ0) is 8.39. The van der Waals surface area contributed by atoms with E-state index in [1.54, 1.807) is 0 Å². The lowest BCUT2D eigenvalue weighted by molar-refractivity contribution is 1.18. The van der Waals surface area contributed by atoms with Crippen molar-refractivity contribution in [2.45, 2.75) is 0 Å². The number of anilines is 1. The Kier molecular flexibility index (Phi) is 1.96. The van der Waals surface area contributed by atoms with Crippen LogP contribution in [0.4, 0.5) is 5.69 Å². The SMILES string of the molecule is N=S1C=CN(c2ccccc2)C1. The molecule has 0 saturated heterocycles. The van der Waals surface area contributed by atoms with E-state index in [1.807, 2.05) is 29.8 Å². The molecule has 3 heteroatoms. The first-order chi connectivity index (χ1) is 5.86. The minimum absolute atomic E-state index is 0.308. The standard InChI is InChI=1S/C9H10N2S/c10-12-7-6-11(8-12)9-4-2-1-3-5-9/h1-7,10H,8H2. The number of hydrogen-bond donors (Lipinski definition) is 1. The lowest BCUT2D eigenvalue weighted by atomic mass is 10.3. The Hall–Kier alpha value is -1.09. The number of para-hydroxylation sites is 1. The molecule has 12 heavy (non-hydrogen) atoms. The second-order valence-corrected chi connectivity index (χ2v) is 4.04. The molecule has 1 atom stereocenters. The third kappa shape index (κ3) is 1.41. The van der Waals surface area contributed by atoms with Gasteiger partial charge >= 0.3 is 0 Å². The fourth-order valence-corrected chi connectivity index (χ4v) is 2.08. The Morgan fingerprint density at radius 3 is 2.58 bits per heavy atom. The number of hydrogen-bond acceptors (Lipinski definition) is 2. The van der Waals surface area contributed by atoms with Gasteiger partial charge in [0, 0.05) is 11.9 Å². The molecule has 62 valence electrons. The average molecular weight is 178 g/mol. The molecule has 1 aromatic carbocycles. The van der Waals surface area contributed by atoms with Gasteiger partial charge in [-0.05, 0) is 17.5 Å². The van der Waals surface area contributed by atoms with Crippen LogP contribution >= 0.6 is 0 Å². The van der Waals surface area contributed by atoms with Crippen molar-refractivity contribution in [1.29, 1.82) is 4.78 Å². The molecule has 2 rings (SSSR count). The highest BCUT2D eigenvalue weighted by molar-refractivity contribution is 7.89. The highest BCUT2D eigenvalue weighted by Gasteiger charge is 2.08. The van der Waals surface area contributed by atoms with Gasteiger partial charge in [-0.25, -0.2) is 0 Å². The fourth-order valence-electron chi connectivity index (χ4n) is 1.16. The van der Waals surface area contributed by atoms with E-state index in [9.17, 15) is 0 Å². The monoisotopic (exact) mass is 178 g/mol. The van der Waals surface area contributed by atoms with Crippen LogP contribution in [-0.4, -0.2) is 5.88 Å². The van der Waals surface area contributed by atoms with E-state index < -0.39 is 0 Å². The Labute approximate surface area is 74.4 Å². The van der Waals surface area contributed by atoms with E-state index in [0.717, 1.165) is 5.88 Å². The summed E-state index contributed by atoms with van der Waals surface area (Å²) in [4.78, 5) is 2.11. The highest BCUT2D eigenvalue weighted by Crippen LogP contribution is 2.17. The molecule has 1 heterocycles. The van der Waals surface area contributed by atoms with Gasteiger partial charge in [0.2, 0.25) is 0 Å². The van der Waals surface area contributed by atoms with Crippen LogP contribution in [0.2, 0.25) is 0 Å². The smallest absolute Gasteiger partial charge is 0.0826 e. The van der Waals surface area contributed by atoms with Gasteiger partial charge in [-0.2, -0.15) is 0 Å². The largest absolute Gasteiger partial charge is 0.336 e. The van der Waals surface area contributed by atoms with Gasteiger partial charge in [-0.15, -0.1) is 0 Å². The van der Waals surface area contributed by atoms with Crippen molar-refractivity contribution in [1.82, 2.24) is 0 Å². The van der Waals surface area contributed by atoms with Crippen molar-refractivity contribution in [2.75, 3.05) is 10.8 Å². The van der Waals surface area contributed by atoms with E-state index in [1.165, 1.54) is 5.69 Å². The van der Waals surface area contributed by atoms with Crippen molar-refractivity contribution in [3.05, 3.63) is 41.9 Å². The van der Waals surface area contributed by atoms with Crippen molar-refractivity contribution in [3.8, 4) is 0 Å². The lowest BCUT2D eigenvalue weighted by Crippen LogP contribution is -2.13. The van der Waals surface area contributed by atoms with E-state index in [0.29, 0.717) is 0 Å². The average Bonchev–Trinajstić information content (AvgIpc) is 2.54. The van der Waals surface area contributed by atoms with Gasteiger partial charge in [-0.1, -0.05) is 28.9 Å². The van der Waals surface area contributed by atoms with E-state index >= 15 is 0 Å². The van der Waals surface area contributed by atoms with Gasteiger partial charge < -0.3 is 4.90 Å². The summed E-state index contributed by atoms with van der Waals surface area (Å²) >= 11 is 0. The summed E-state index contributed by atoms with van der Waals surface area (Å²) in [7, 11) is -0.308. The molecule has 1 unspecified atom stereocenters. The van der Waals surface area contributed by atoms with Crippen LogP contribution in [0.5, 0.6) is 0 Å². The summed E-state index contributed by atoms with van der Waals surface area (Å²) < 4.78 is 7.51. The molecule has 0 radical (unpaired) electrons. The molecule has 2 nitrogen and oxygen atoms in total. The second-order valence-electron chi connectivity index (χ2n) is 2.65. The first kappa shape index (κ1) is 7.55. The van der Waals surface area contributed by atoms with Gasteiger partial charge in [0.15, 0.2) is 0 Å². The van der Waals surface area contributed by atoms with Crippen LogP contribution in [-0.2, 0) is 10.7 Å². The molecule has 1 N–H and O–H groups in total. The topological polar surface area (TPSA) is 27.1 Å². The molecule has 0 amide bonds. The number of rotatable bonds is 1. The zero-order valence-electron chi connectivity index (χ0n) is 6.60. The molecule has 0 fully saturated rings. The van der Waals surface area contributed by atoms with Crippen molar-refractivity contribution in [2.24, 2.45) is 0 Å². The molecule has 1 aliphatic heterocycles. The molecule has 0 spiro atoms.